The van der Waals surface area contributed by atoms with Crippen molar-refractivity contribution in [2.45, 2.75) is 20.4 Å². The van der Waals surface area contributed by atoms with Crippen molar-refractivity contribution < 1.29 is 14.3 Å². The first-order valence-corrected chi connectivity index (χ1v) is 11.5. The Bertz CT molecular complexity index is 1300. The predicted molar refractivity (Wildman–Crippen MR) is 132 cm³/mol. The molecule has 0 bridgehead atoms. The second kappa shape index (κ2) is 10.6. The van der Waals surface area contributed by atoms with E-state index in [9.17, 15) is 4.79 Å². The Morgan fingerprint density at radius 2 is 1.85 bits per heavy atom. The van der Waals surface area contributed by atoms with Gasteiger partial charge in [0.05, 0.1) is 42.4 Å². The second-order valence-corrected chi connectivity index (χ2v) is 8.16. The smallest absolute Gasteiger partial charge is 0.273 e. The zero-order chi connectivity index (χ0) is 24.1. The molecule has 2 N–H and O–H groups in total. The lowest BCUT2D eigenvalue weighted by atomic mass is 10.1. The van der Waals surface area contributed by atoms with Crippen LogP contribution in [-0.2, 0) is 6.54 Å². The van der Waals surface area contributed by atoms with E-state index in [1.54, 1.807) is 41.3 Å². The number of hydrogen-bond donors (Lipinski definition) is 2. The Morgan fingerprint density at radius 3 is 2.62 bits per heavy atom. The zero-order valence-electron chi connectivity index (χ0n) is 18.6. The van der Waals surface area contributed by atoms with Gasteiger partial charge in [0.15, 0.2) is 11.5 Å². The number of anilines is 1. The Balaban J connectivity index is 1.43. The van der Waals surface area contributed by atoms with Crippen LogP contribution in [0.4, 0.5) is 5.69 Å². The molecule has 0 spiro atoms. The average molecular weight is 500 g/mol. The summed E-state index contributed by atoms with van der Waals surface area (Å²) >= 11 is 12.2. The van der Waals surface area contributed by atoms with Gasteiger partial charge >= 0.3 is 0 Å². The molecule has 4 rings (SSSR count). The molecule has 0 saturated carbocycles. The number of rotatable bonds is 9. The van der Waals surface area contributed by atoms with Gasteiger partial charge in [-0.15, -0.1) is 0 Å². The second-order valence-electron chi connectivity index (χ2n) is 7.32. The molecule has 10 heteroatoms. The normalized spacial score (nSPS) is 10.8. The lowest BCUT2D eigenvalue weighted by Crippen LogP contribution is -2.11. The highest BCUT2D eigenvalue weighted by molar-refractivity contribution is 6.36. The van der Waals surface area contributed by atoms with E-state index < -0.39 is 0 Å². The van der Waals surface area contributed by atoms with Crippen LogP contribution in [0.3, 0.4) is 0 Å². The molecular weight excluding hydrogens is 477 g/mol. The number of nitrogens with zero attached hydrogens (tertiary/aromatic N) is 3. The van der Waals surface area contributed by atoms with Crippen molar-refractivity contribution in [1.29, 1.82) is 0 Å². The van der Waals surface area contributed by atoms with Crippen LogP contribution in [-0.4, -0.2) is 39.1 Å². The first-order valence-electron chi connectivity index (χ1n) is 10.7. The molecule has 0 aliphatic carbocycles. The minimum absolute atomic E-state index is 0.293. The quantitative estimate of drug-likeness (QED) is 0.309. The molecule has 1 amide bonds. The number of carbonyl (C=O) groups excluding carboxylic acids is 1. The van der Waals surface area contributed by atoms with Crippen molar-refractivity contribution in [2.75, 3.05) is 18.5 Å². The molecular formula is C24H23Cl2N5O3. The van der Waals surface area contributed by atoms with Gasteiger partial charge in [-0.25, -0.2) is 0 Å². The van der Waals surface area contributed by atoms with E-state index in [0.29, 0.717) is 63.9 Å². The van der Waals surface area contributed by atoms with Gasteiger partial charge in [0.25, 0.3) is 5.91 Å². The van der Waals surface area contributed by atoms with E-state index in [0.717, 1.165) is 5.56 Å². The molecule has 8 nitrogen and oxygen atoms in total. The van der Waals surface area contributed by atoms with Gasteiger partial charge in [-0.2, -0.15) is 10.2 Å². The first kappa shape index (κ1) is 23.7. The summed E-state index contributed by atoms with van der Waals surface area (Å²) < 4.78 is 13.0. The topological polar surface area (TPSA) is 94.1 Å². The summed E-state index contributed by atoms with van der Waals surface area (Å²) in [6.07, 6.45) is 3.34. The zero-order valence-corrected chi connectivity index (χ0v) is 20.2. The molecule has 0 aliphatic heterocycles. The third kappa shape index (κ3) is 5.52. The Labute approximate surface area is 206 Å². The van der Waals surface area contributed by atoms with Gasteiger partial charge in [-0.1, -0.05) is 29.3 Å². The molecule has 0 unspecified atom stereocenters. The van der Waals surface area contributed by atoms with Crippen molar-refractivity contribution >= 4 is 34.8 Å². The van der Waals surface area contributed by atoms with Gasteiger partial charge in [0.1, 0.15) is 5.69 Å². The third-order valence-electron chi connectivity index (χ3n) is 4.87. The van der Waals surface area contributed by atoms with Crippen LogP contribution in [0.2, 0.25) is 10.0 Å². The van der Waals surface area contributed by atoms with Crippen LogP contribution in [0.1, 0.15) is 29.9 Å². The van der Waals surface area contributed by atoms with E-state index in [1.807, 2.05) is 32.0 Å². The maximum absolute atomic E-state index is 12.7. The lowest BCUT2D eigenvalue weighted by molar-refractivity contribution is 0.102. The standard InChI is InChI=1S/C24H23Cl2N5O3/c1-3-33-22-8-5-15(9-23(22)34-4-2)13-31-14-17(12-27-31)28-24(32)21-11-20(29-30-21)18-7-6-16(25)10-19(18)26/h5-12,14H,3-4,13H2,1-2H3,(H,28,32)(H,29,30). The molecule has 34 heavy (non-hydrogen) atoms. The highest BCUT2D eigenvalue weighted by Crippen LogP contribution is 2.30. The Morgan fingerprint density at radius 1 is 1.06 bits per heavy atom. The maximum Gasteiger partial charge on any atom is 0.273 e. The summed E-state index contributed by atoms with van der Waals surface area (Å²) in [5.41, 5.74) is 3.06. The van der Waals surface area contributed by atoms with Crippen molar-refractivity contribution in [3.63, 3.8) is 0 Å². The van der Waals surface area contributed by atoms with E-state index >= 15 is 0 Å². The monoisotopic (exact) mass is 499 g/mol. The van der Waals surface area contributed by atoms with Crippen LogP contribution in [0, 0.1) is 0 Å². The average Bonchev–Trinajstić information content (AvgIpc) is 3.46. The van der Waals surface area contributed by atoms with Gasteiger partial charge < -0.3 is 14.8 Å². The number of H-pyrrole nitrogens is 1. The van der Waals surface area contributed by atoms with Gasteiger partial charge in [0.2, 0.25) is 0 Å². The van der Waals surface area contributed by atoms with Gasteiger partial charge in [-0.05, 0) is 55.8 Å². The maximum atomic E-state index is 12.7. The number of aromatic nitrogens is 4. The number of aromatic amines is 1. The van der Waals surface area contributed by atoms with E-state index in [4.69, 9.17) is 32.7 Å². The van der Waals surface area contributed by atoms with Gasteiger partial charge in [-0.3, -0.25) is 14.6 Å². The number of benzene rings is 2. The summed E-state index contributed by atoms with van der Waals surface area (Å²) in [4.78, 5) is 12.7. The molecule has 4 aromatic rings. The fourth-order valence-electron chi connectivity index (χ4n) is 3.37. The first-order chi connectivity index (χ1) is 16.5. The van der Waals surface area contributed by atoms with Crippen molar-refractivity contribution in [3.05, 3.63) is 76.2 Å². The van der Waals surface area contributed by atoms with E-state index in [-0.39, 0.29) is 5.91 Å². The van der Waals surface area contributed by atoms with Crippen LogP contribution < -0.4 is 14.8 Å². The van der Waals surface area contributed by atoms with Crippen molar-refractivity contribution in [1.82, 2.24) is 20.0 Å². The highest BCUT2D eigenvalue weighted by Gasteiger charge is 2.14. The van der Waals surface area contributed by atoms with E-state index in [1.165, 1.54) is 0 Å². The Kier molecular flexibility index (Phi) is 7.40. The number of halogens is 2. The SMILES string of the molecule is CCOc1ccc(Cn2cc(NC(=O)c3cc(-c4ccc(Cl)cc4Cl)n[nH]3)cn2)cc1OCC. The van der Waals surface area contributed by atoms with Crippen LogP contribution >= 0.6 is 23.2 Å². The van der Waals surface area contributed by atoms with E-state index in [2.05, 4.69) is 20.6 Å². The molecule has 0 atom stereocenters. The molecule has 0 radical (unpaired) electrons. The third-order valence-corrected chi connectivity index (χ3v) is 5.42. The Hall–Kier alpha value is -3.49. The molecule has 2 heterocycles. The minimum Gasteiger partial charge on any atom is -0.490 e. The van der Waals surface area contributed by atoms with Crippen molar-refractivity contribution in [3.8, 4) is 22.8 Å². The molecule has 2 aromatic carbocycles. The largest absolute Gasteiger partial charge is 0.490 e. The fraction of sp³-hybridized carbons (Fsp3) is 0.208. The minimum atomic E-state index is -0.344. The number of carbonyl (C=O) groups is 1. The van der Waals surface area contributed by atoms with Crippen LogP contribution in [0.5, 0.6) is 11.5 Å². The number of ether oxygens (including phenoxy) is 2. The number of amides is 1. The van der Waals surface area contributed by atoms with Gasteiger partial charge in [0, 0.05) is 16.8 Å². The summed E-state index contributed by atoms with van der Waals surface area (Å²) in [6.45, 7) is 5.47. The summed E-state index contributed by atoms with van der Waals surface area (Å²) in [5, 5.41) is 15.1. The summed E-state index contributed by atoms with van der Waals surface area (Å²) in [7, 11) is 0. The number of hydrogen-bond acceptors (Lipinski definition) is 5. The highest BCUT2D eigenvalue weighted by atomic mass is 35.5. The summed E-state index contributed by atoms with van der Waals surface area (Å²) in [6, 6.07) is 12.5. The molecule has 0 fully saturated rings. The lowest BCUT2D eigenvalue weighted by Gasteiger charge is -2.12. The predicted octanol–water partition coefficient (Wildman–Crippen LogP) is 5.68. The summed E-state index contributed by atoms with van der Waals surface area (Å²) in [5.74, 6) is 1.06. The van der Waals surface area contributed by atoms with Crippen molar-refractivity contribution in [2.24, 2.45) is 0 Å². The van der Waals surface area contributed by atoms with Crippen LogP contribution in [0.15, 0.2) is 54.9 Å². The number of nitrogens with one attached hydrogen (secondary N) is 2. The molecule has 2 aromatic heterocycles. The molecule has 0 aliphatic rings. The molecule has 0 saturated heterocycles. The molecule has 176 valence electrons. The van der Waals surface area contributed by atoms with Crippen LogP contribution in [0.25, 0.3) is 11.3 Å². The fourth-order valence-corrected chi connectivity index (χ4v) is 3.87.